The fourth-order valence-corrected chi connectivity index (χ4v) is 2.94. The van der Waals surface area contributed by atoms with Crippen LogP contribution in [0.4, 0.5) is 18.9 Å². The third-order valence-corrected chi connectivity index (χ3v) is 4.71. The molecule has 13 heteroatoms. The van der Waals surface area contributed by atoms with Gasteiger partial charge in [0.2, 0.25) is 5.91 Å². The second-order valence-electron chi connectivity index (χ2n) is 7.24. The molecule has 1 aromatic heterocycles. The van der Waals surface area contributed by atoms with E-state index in [1.807, 2.05) is 5.32 Å². The van der Waals surface area contributed by atoms with Crippen LogP contribution >= 0.6 is 0 Å². The number of hydrogen-bond donors (Lipinski definition) is 4. The maximum Gasteiger partial charge on any atom is 0.308 e. The number of para-hydroxylation sites is 1. The quantitative estimate of drug-likeness (QED) is 0.266. The molecule has 0 saturated carbocycles. The number of benzene rings is 2. The monoisotopic (exact) mass is 491 g/mol. The van der Waals surface area contributed by atoms with Gasteiger partial charge in [-0.1, -0.05) is 18.2 Å². The van der Waals surface area contributed by atoms with E-state index in [9.17, 15) is 32.3 Å². The minimum Gasteiger partial charge on any atom is -0.452 e. The lowest BCUT2D eigenvalue weighted by Crippen LogP contribution is -2.40. The zero-order valence-corrected chi connectivity index (χ0v) is 18.3. The number of aromatic nitrogens is 2. The molecule has 0 radical (unpaired) electrons. The van der Waals surface area contributed by atoms with Gasteiger partial charge >= 0.3 is 5.97 Å². The van der Waals surface area contributed by atoms with Crippen molar-refractivity contribution in [3.8, 4) is 0 Å². The molecule has 184 valence electrons. The van der Waals surface area contributed by atoms with Crippen molar-refractivity contribution in [2.75, 3.05) is 18.4 Å². The summed E-state index contributed by atoms with van der Waals surface area (Å²) >= 11 is 0. The number of carbonyl (C=O) groups is 4. The molecule has 1 heterocycles. The Hall–Kier alpha value is -4.42. The van der Waals surface area contributed by atoms with Crippen molar-refractivity contribution in [3.05, 3.63) is 59.5 Å². The van der Waals surface area contributed by atoms with Gasteiger partial charge in [0.15, 0.2) is 29.2 Å². The first-order valence-electron chi connectivity index (χ1n) is 10.3. The van der Waals surface area contributed by atoms with Gasteiger partial charge in [-0.05, 0) is 25.1 Å². The Balaban J connectivity index is 1.39. The van der Waals surface area contributed by atoms with E-state index in [1.165, 1.54) is 6.92 Å². The number of aromatic amines is 1. The Labute approximate surface area is 196 Å². The van der Waals surface area contributed by atoms with Crippen LogP contribution in [0, 0.1) is 17.5 Å². The number of H-pyrrole nitrogens is 1. The summed E-state index contributed by atoms with van der Waals surface area (Å²) in [5.74, 6) is -7.78. The highest BCUT2D eigenvalue weighted by Crippen LogP contribution is 2.19. The van der Waals surface area contributed by atoms with Crippen LogP contribution in [0.2, 0.25) is 0 Å². The summed E-state index contributed by atoms with van der Waals surface area (Å²) in [5, 5.41) is 14.0. The molecule has 3 amide bonds. The molecule has 3 rings (SSSR count). The number of esters is 1. The predicted octanol–water partition coefficient (Wildman–Crippen LogP) is 1.79. The van der Waals surface area contributed by atoms with E-state index in [-0.39, 0.29) is 18.7 Å². The Morgan fingerprint density at radius 1 is 1.03 bits per heavy atom. The topological polar surface area (TPSA) is 142 Å². The number of halogens is 3. The Morgan fingerprint density at radius 3 is 2.54 bits per heavy atom. The smallest absolute Gasteiger partial charge is 0.308 e. The number of carbonyl (C=O) groups excluding carboxylic acids is 4. The second kappa shape index (κ2) is 11.1. The fourth-order valence-electron chi connectivity index (χ4n) is 2.94. The first kappa shape index (κ1) is 25.2. The molecule has 0 spiro atoms. The molecule has 10 nitrogen and oxygen atoms in total. The van der Waals surface area contributed by atoms with Gasteiger partial charge in [0.1, 0.15) is 0 Å². The van der Waals surface area contributed by atoms with Gasteiger partial charge in [-0.25, -0.2) is 13.2 Å². The van der Waals surface area contributed by atoms with Crippen LogP contribution in [0.3, 0.4) is 0 Å². The van der Waals surface area contributed by atoms with Crippen molar-refractivity contribution in [1.82, 2.24) is 20.8 Å². The van der Waals surface area contributed by atoms with E-state index in [0.717, 1.165) is 6.07 Å². The maximum atomic E-state index is 13.6. The van der Waals surface area contributed by atoms with E-state index in [1.54, 1.807) is 24.3 Å². The van der Waals surface area contributed by atoms with E-state index >= 15 is 0 Å². The van der Waals surface area contributed by atoms with Gasteiger partial charge in [-0.15, -0.1) is 0 Å². The van der Waals surface area contributed by atoms with Crippen molar-refractivity contribution in [2.24, 2.45) is 0 Å². The summed E-state index contributed by atoms with van der Waals surface area (Å²) in [6.45, 7) is 0.539. The molecule has 0 fully saturated rings. The van der Waals surface area contributed by atoms with Gasteiger partial charge in [-0.2, -0.15) is 5.10 Å². The van der Waals surface area contributed by atoms with Gasteiger partial charge < -0.3 is 20.7 Å². The fraction of sp³-hybridized carbons (Fsp3) is 0.227. The first-order valence-corrected chi connectivity index (χ1v) is 10.3. The van der Waals surface area contributed by atoms with E-state index in [0.29, 0.717) is 17.0 Å². The molecular weight excluding hydrogens is 471 g/mol. The highest BCUT2D eigenvalue weighted by atomic mass is 19.2. The standard InChI is InChI=1S/C22H20F3N5O5/c1-11(21(33)27-10-16(31)28-15-7-6-13(23)18(24)19(15)25)35-17(32)8-9-26-22(34)20-12-4-2-3-5-14(12)29-30-20/h2-7,11H,8-10H2,1H3,(H,26,34)(H,27,33)(H,28,31)(H,29,30). The molecule has 35 heavy (non-hydrogen) atoms. The largest absolute Gasteiger partial charge is 0.452 e. The van der Waals surface area contributed by atoms with Crippen LogP contribution in [0.15, 0.2) is 36.4 Å². The van der Waals surface area contributed by atoms with Gasteiger partial charge in [0.25, 0.3) is 11.8 Å². The summed E-state index contributed by atoms with van der Waals surface area (Å²) in [7, 11) is 0. The van der Waals surface area contributed by atoms with Crippen LogP contribution in [-0.2, 0) is 19.1 Å². The lowest BCUT2D eigenvalue weighted by atomic mass is 10.2. The van der Waals surface area contributed by atoms with Crippen molar-refractivity contribution in [2.45, 2.75) is 19.4 Å². The number of nitrogens with zero attached hydrogens (tertiary/aromatic N) is 1. The molecule has 2 aromatic carbocycles. The minimum atomic E-state index is -1.75. The number of ether oxygens (including phenoxy) is 1. The molecule has 3 aromatic rings. The van der Waals surface area contributed by atoms with Crippen molar-refractivity contribution >= 4 is 40.3 Å². The molecule has 0 aliphatic carbocycles. The summed E-state index contributed by atoms with van der Waals surface area (Å²) in [4.78, 5) is 48.1. The number of hydrogen-bond acceptors (Lipinski definition) is 6. The average Bonchev–Trinajstić information content (AvgIpc) is 3.27. The number of amides is 3. The normalized spacial score (nSPS) is 11.5. The summed E-state index contributed by atoms with van der Waals surface area (Å²) in [6.07, 6.45) is -1.51. The number of rotatable bonds is 9. The Bertz CT molecular complexity index is 1280. The number of nitrogens with one attached hydrogen (secondary N) is 4. The highest BCUT2D eigenvalue weighted by molar-refractivity contribution is 6.04. The van der Waals surface area contributed by atoms with Crippen LogP contribution in [0.25, 0.3) is 10.9 Å². The Morgan fingerprint density at radius 2 is 1.77 bits per heavy atom. The van der Waals surface area contributed by atoms with Crippen molar-refractivity contribution in [1.29, 1.82) is 0 Å². The summed E-state index contributed by atoms with van der Waals surface area (Å²) < 4.78 is 44.7. The molecule has 1 atom stereocenters. The van der Waals surface area contributed by atoms with E-state index in [2.05, 4.69) is 20.8 Å². The van der Waals surface area contributed by atoms with Crippen LogP contribution in [0.5, 0.6) is 0 Å². The predicted molar refractivity (Wildman–Crippen MR) is 117 cm³/mol. The molecular formula is C22H20F3N5O5. The highest BCUT2D eigenvalue weighted by Gasteiger charge is 2.20. The van der Waals surface area contributed by atoms with Gasteiger partial charge in [0.05, 0.1) is 24.2 Å². The lowest BCUT2D eigenvalue weighted by molar-refractivity contribution is -0.154. The average molecular weight is 491 g/mol. The van der Waals surface area contributed by atoms with E-state index < -0.39 is 59.5 Å². The maximum absolute atomic E-state index is 13.6. The minimum absolute atomic E-state index is 0.0740. The van der Waals surface area contributed by atoms with Crippen LogP contribution < -0.4 is 16.0 Å². The van der Waals surface area contributed by atoms with Gasteiger partial charge in [-0.3, -0.25) is 24.3 Å². The van der Waals surface area contributed by atoms with Crippen molar-refractivity contribution < 1.29 is 37.1 Å². The second-order valence-corrected chi connectivity index (χ2v) is 7.24. The van der Waals surface area contributed by atoms with Gasteiger partial charge in [0, 0.05) is 11.9 Å². The Kier molecular flexibility index (Phi) is 8.02. The number of fused-ring (bicyclic) bond motifs is 1. The van der Waals surface area contributed by atoms with Crippen LogP contribution in [0.1, 0.15) is 23.8 Å². The number of anilines is 1. The first-order chi connectivity index (χ1) is 16.7. The third-order valence-electron chi connectivity index (χ3n) is 4.71. The summed E-state index contributed by atoms with van der Waals surface area (Å²) in [5.41, 5.74) is 0.247. The lowest BCUT2D eigenvalue weighted by Gasteiger charge is -2.14. The molecule has 0 bridgehead atoms. The van der Waals surface area contributed by atoms with Crippen molar-refractivity contribution in [3.63, 3.8) is 0 Å². The SMILES string of the molecule is CC(OC(=O)CCNC(=O)c1n[nH]c2ccccc12)C(=O)NCC(=O)Nc1ccc(F)c(F)c1F. The molecule has 1 unspecified atom stereocenters. The molecule has 0 aliphatic heterocycles. The van der Waals surface area contributed by atoms with E-state index in [4.69, 9.17) is 4.74 Å². The molecule has 0 aliphatic rings. The van der Waals surface area contributed by atoms with Crippen LogP contribution in [-0.4, -0.2) is 53.1 Å². The zero-order valence-electron chi connectivity index (χ0n) is 18.3. The third kappa shape index (κ3) is 6.34. The molecule has 0 saturated heterocycles. The summed E-state index contributed by atoms with van der Waals surface area (Å²) in [6, 6.07) is 8.47. The zero-order chi connectivity index (χ0) is 25.5. The molecule has 4 N–H and O–H groups in total.